The van der Waals surface area contributed by atoms with Crippen molar-refractivity contribution in [3.8, 4) is 5.75 Å². The molecule has 2 aromatic rings. The van der Waals surface area contributed by atoms with Gasteiger partial charge in [-0.1, -0.05) is 35.9 Å². The van der Waals surface area contributed by atoms with Crippen LogP contribution in [0.25, 0.3) is 0 Å². The molecule has 3 nitrogen and oxygen atoms in total. The number of rotatable bonds is 6. The summed E-state index contributed by atoms with van der Waals surface area (Å²) in [6.45, 7) is 2.41. The van der Waals surface area contributed by atoms with E-state index >= 15 is 0 Å². The summed E-state index contributed by atoms with van der Waals surface area (Å²) in [5.41, 5.74) is 8.12. The first-order valence-electron chi connectivity index (χ1n) is 6.85. The molecule has 0 radical (unpaired) electrons. The van der Waals surface area contributed by atoms with Crippen molar-refractivity contribution in [3.05, 3.63) is 64.7 Å². The van der Waals surface area contributed by atoms with Crippen molar-refractivity contribution in [2.45, 2.75) is 25.7 Å². The molecule has 4 heteroatoms. The molecular formula is C17H20ClNO2. The van der Waals surface area contributed by atoms with Gasteiger partial charge in [-0.2, -0.15) is 0 Å². The maximum Gasteiger partial charge on any atom is 0.118 e. The molecule has 0 fully saturated rings. The fourth-order valence-corrected chi connectivity index (χ4v) is 2.37. The van der Waals surface area contributed by atoms with Crippen LogP contribution in [0.5, 0.6) is 5.75 Å². The summed E-state index contributed by atoms with van der Waals surface area (Å²) in [6.07, 6.45) is -0.171. The molecule has 0 saturated heterocycles. The lowest BCUT2D eigenvalue weighted by molar-refractivity contribution is 0.0259. The maximum atomic E-state index is 6.05. The molecule has 2 rings (SSSR count). The van der Waals surface area contributed by atoms with Crippen LogP contribution in [0.15, 0.2) is 48.5 Å². The number of benzene rings is 2. The van der Waals surface area contributed by atoms with Crippen LogP contribution in [0.4, 0.5) is 0 Å². The molecule has 2 atom stereocenters. The van der Waals surface area contributed by atoms with E-state index in [2.05, 4.69) is 0 Å². The van der Waals surface area contributed by atoms with Crippen LogP contribution in [0.2, 0.25) is 5.02 Å². The van der Waals surface area contributed by atoms with Gasteiger partial charge in [-0.25, -0.2) is 0 Å². The van der Waals surface area contributed by atoms with E-state index in [1.807, 2.05) is 55.5 Å². The molecule has 0 heterocycles. The minimum absolute atomic E-state index is 0.113. The van der Waals surface area contributed by atoms with Gasteiger partial charge in [0.05, 0.1) is 19.8 Å². The van der Waals surface area contributed by atoms with Crippen LogP contribution < -0.4 is 10.5 Å². The molecular weight excluding hydrogens is 286 g/mol. The Balaban J connectivity index is 2.08. The van der Waals surface area contributed by atoms with Crippen molar-refractivity contribution in [3.63, 3.8) is 0 Å². The molecule has 0 aliphatic carbocycles. The quantitative estimate of drug-likeness (QED) is 0.878. The lowest BCUT2D eigenvalue weighted by Crippen LogP contribution is -2.26. The smallest absolute Gasteiger partial charge is 0.118 e. The lowest BCUT2D eigenvalue weighted by Gasteiger charge is -2.22. The van der Waals surface area contributed by atoms with Crippen molar-refractivity contribution < 1.29 is 9.47 Å². The second-order valence-electron chi connectivity index (χ2n) is 4.99. The molecule has 0 aliphatic rings. The molecule has 21 heavy (non-hydrogen) atoms. The van der Waals surface area contributed by atoms with E-state index in [9.17, 15) is 0 Å². The molecule has 0 bridgehead atoms. The van der Waals surface area contributed by atoms with Crippen LogP contribution in [-0.2, 0) is 11.3 Å². The Hall–Kier alpha value is -1.55. The fraction of sp³-hybridized carbons (Fsp3) is 0.294. The van der Waals surface area contributed by atoms with Gasteiger partial charge in [0.25, 0.3) is 0 Å². The van der Waals surface area contributed by atoms with Crippen LogP contribution in [0, 0.1) is 0 Å². The predicted molar refractivity (Wildman–Crippen MR) is 85.6 cm³/mol. The minimum atomic E-state index is -0.171. The third-order valence-electron chi connectivity index (χ3n) is 3.24. The predicted octanol–water partition coefficient (Wildman–Crippen LogP) is 3.95. The van der Waals surface area contributed by atoms with E-state index in [0.717, 1.165) is 16.9 Å². The van der Waals surface area contributed by atoms with Gasteiger partial charge >= 0.3 is 0 Å². The Morgan fingerprint density at radius 1 is 1.14 bits per heavy atom. The van der Waals surface area contributed by atoms with Crippen LogP contribution in [-0.4, -0.2) is 13.2 Å². The van der Waals surface area contributed by atoms with Gasteiger partial charge in [0.2, 0.25) is 0 Å². The molecule has 0 amide bonds. The maximum absolute atomic E-state index is 6.05. The zero-order chi connectivity index (χ0) is 15.2. The Morgan fingerprint density at radius 2 is 1.86 bits per heavy atom. The zero-order valence-electron chi connectivity index (χ0n) is 12.3. The van der Waals surface area contributed by atoms with E-state index in [4.69, 9.17) is 26.8 Å². The summed E-state index contributed by atoms with van der Waals surface area (Å²) in [5, 5.41) is 0.706. The van der Waals surface area contributed by atoms with Gasteiger partial charge in [-0.15, -0.1) is 0 Å². The summed E-state index contributed by atoms with van der Waals surface area (Å²) in [5.74, 6) is 0.817. The monoisotopic (exact) mass is 305 g/mol. The second kappa shape index (κ2) is 7.46. The van der Waals surface area contributed by atoms with Gasteiger partial charge in [-0.05, 0) is 42.3 Å². The van der Waals surface area contributed by atoms with Gasteiger partial charge in [0.1, 0.15) is 5.75 Å². The van der Waals surface area contributed by atoms with E-state index in [1.165, 1.54) is 0 Å². The van der Waals surface area contributed by atoms with Crippen LogP contribution in [0.1, 0.15) is 24.2 Å². The summed E-state index contributed by atoms with van der Waals surface area (Å²) in [7, 11) is 1.65. The zero-order valence-corrected chi connectivity index (χ0v) is 13.0. The molecule has 2 unspecified atom stereocenters. The molecule has 2 N–H and O–H groups in total. The summed E-state index contributed by atoms with van der Waals surface area (Å²) < 4.78 is 11.1. The number of halogens is 1. The molecule has 2 aromatic carbocycles. The number of methoxy groups -OCH3 is 1. The van der Waals surface area contributed by atoms with Gasteiger partial charge in [0, 0.05) is 11.1 Å². The third-order valence-corrected chi connectivity index (χ3v) is 3.48. The van der Waals surface area contributed by atoms with Crippen molar-refractivity contribution in [2.24, 2.45) is 5.73 Å². The second-order valence-corrected chi connectivity index (χ2v) is 5.43. The van der Waals surface area contributed by atoms with E-state index in [0.29, 0.717) is 11.6 Å². The lowest BCUT2D eigenvalue weighted by atomic mass is 10.0. The standard InChI is InChI=1S/C17H20ClNO2/c1-12(19)17(14-6-8-16(20-2)9-7-14)21-11-13-4-3-5-15(18)10-13/h3-10,12,17H,11,19H2,1-2H3. The highest BCUT2D eigenvalue weighted by molar-refractivity contribution is 6.30. The first-order valence-corrected chi connectivity index (χ1v) is 7.23. The molecule has 112 valence electrons. The topological polar surface area (TPSA) is 44.5 Å². The number of ether oxygens (including phenoxy) is 2. The highest BCUT2D eigenvalue weighted by Crippen LogP contribution is 2.24. The third kappa shape index (κ3) is 4.46. The van der Waals surface area contributed by atoms with Gasteiger partial charge < -0.3 is 15.2 Å². The van der Waals surface area contributed by atoms with Crippen molar-refractivity contribution in [1.29, 1.82) is 0 Å². The Kier molecular flexibility index (Phi) is 5.62. The minimum Gasteiger partial charge on any atom is -0.497 e. The van der Waals surface area contributed by atoms with Crippen LogP contribution in [0.3, 0.4) is 0 Å². The van der Waals surface area contributed by atoms with Crippen molar-refractivity contribution in [1.82, 2.24) is 0 Å². The highest BCUT2D eigenvalue weighted by atomic mass is 35.5. The summed E-state index contributed by atoms with van der Waals surface area (Å²) in [4.78, 5) is 0. The number of hydrogen-bond acceptors (Lipinski definition) is 3. The largest absolute Gasteiger partial charge is 0.497 e. The van der Waals surface area contributed by atoms with E-state index in [1.54, 1.807) is 7.11 Å². The summed E-state index contributed by atoms with van der Waals surface area (Å²) >= 11 is 5.98. The molecule has 0 aromatic heterocycles. The number of hydrogen-bond donors (Lipinski definition) is 1. The van der Waals surface area contributed by atoms with Crippen molar-refractivity contribution >= 4 is 11.6 Å². The van der Waals surface area contributed by atoms with E-state index in [-0.39, 0.29) is 12.1 Å². The first-order chi connectivity index (χ1) is 10.1. The fourth-order valence-electron chi connectivity index (χ4n) is 2.16. The first kappa shape index (κ1) is 15.8. The normalized spacial score (nSPS) is 13.7. The average Bonchev–Trinajstić information content (AvgIpc) is 2.48. The Bertz CT molecular complexity index is 569. The molecule has 0 saturated carbocycles. The molecule has 0 spiro atoms. The Labute approximate surface area is 130 Å². The van der Waals surface area contributed by atoms with Gasteiger partial charge in [0.15, 0.2) is 0 Å². The van der Waals surface area contributed by atoms with Crippen molar-refractivity contribution in [2.75, 3.05) is 7.11 Å². The molecule has 0 aliphatic heterocycles. The Morgan fingerprint density at radius 3 is 2.43 bits per heavy atom. The van der Waals surface area contributed by atoms with Crippen LogP contribution >= 0.6 is 11.6 Å². The SMILES string of the molecule is COc1ccc(C(OCc2cccc(Cl)c2)C(C)N)cc1. The summed E-state index contributed by atoms with van der Waals surface area (Å²) in [6, 6.07) is 15.3. The highest BCUT2D eigenvalue weighted by Gasteiger charge is 2.17. The van der Waals surface area contributed by atoms with E-state index < -0.39 is 0 Å². The number of nitrogens with two attached hydrogens (primary N) is 1. The van der Waals surface area contributed by atoms with Gasteiger partial charge in [-0.3, -0.25) is 0 Å². The average molecular weight is 306 g/mol.